The first-order valence-electron chi connectivity index (χ1n) is 14.1. The fraction of sp³-hybridized carbons (Fsp3) is 0.105. The maximum absolute atomic E-state index is 14.0. The topological polar surface area (TPSA) is 67.5 Å². The van der Waals surface area contributed by atoms with Crippen LogP contribution in [0.25, 0.3) is 33.2 Å². The van der Waals surface area contributed by atoms with E-state index in [0.29, 0.717) is 12.0 Å². The molecule has 1 atom stereocenters. The molecule has 0 radical (unpaired) electrons. The number of hydrogen-bond acceptors (Lipinski definition) is 3. The summed E-state index contributed by atoms with van der Waals surface area (Å²) in [6.45, 7) is 0. The van der Waals surface area contributed by atoms with Gasteiger partial charge in [0.25, 0.3) is 0 Å². The highest BCUT2D eigenvalue weighted by Crippen LogP contribution is 2.39. The van der Waals surface area contributed by atoms with E-state index in [4.69, 9.17) is 4.42 Å². The summed E-state index contributed by atoms with van der Waals surface area (Å²) in [5.41, 5.74) is 6.81. The summed E-state index contributed by atoms with van der Waals surface area (Å²) in [6.07, 6.45) is 0.791. The van der Waals surface area contributed by atoms with Gasteiger partial charge in [-0.1, -0.05) is 121 Å². The van der Waals surface area contributed by atoms with Crippen molar-refractivity contribution >= 4 is 22.7 Å². The maximum atomic E-state index is 14.0. The molecule has 6 aromatic rings. The van der Waals surface area contributed by atoms with Gasteiger partial charge in [-0.15, -0.1) is 0 Å². The van der Waals surface area contributed by atoms with Crippen molar-refractivity contribution in [2.75, 3.05) is 0 Å². The van der Waals surface area contributed by atoms with Crippen LogP contribution in [0.1, 0.15) is 33.7 Å². The molecule has 0 aliphatic heterocycles. The Bertz CT molecular complexity index is 1840. The summed E-state index contributed by atoms with van der Waals surface area (Å²) in [7, 11) is 0. The molecule has 0 spiro atoms. The number of carbonyl (C=O) groups is 2. The molecule has 0 saturated carbocycles. The molecule has 0 amide bonds. The summed E-state index contributed by atoms with van der Waals surface area (Å²) < 4.78 is 6.37. The van der Waals surface area contributed by atoms with E-state index in [9.17, 15) is 14.7 Å². The Balaban J connectivity index is 1.44. The molecular weight excluding hydrogens is 520 g/mol. The minimum absolute atomic E-state index is 0.101. The lowest BCUT2D eigenvalue weighted by molar-refractivity contribution is -0.141. The SMILES string of the molecule is O=C(CC(Cc1ccccc1)C(=O)O)c1cc(-c2c(Cc3ccccc3)oc3ccccc23)ccc1-c1ccccc1. The van der Waals surface area contributed by atoms with Crippen molar-refractivity contribution in [1.29, 1.82) is 0 Å². The molecule has 5 aromatic carbocycles. The van der Waals surface area contributed by atoms with Gasteiger partial charge >= 0.3 is 5.97 Å². The van der Waals surface area contributed by atoms with E-state index in [-0.39, 0.29) is 18.6 Å². The first kappa shape index (κ1) is 27.0. The maximum Gasteiger partial charge on any atom is 0.307 e. The number of rotatable bonds is 10. The molecular formula is C38H30O4. The Labute approximate surface area is 244 Å². The number of fused-ring (bicyclic) bond motifs is 1. The lowest BCUT2D eigenvalue weighted by Gasteiger charge is -2.16. The number of aliphatic carboxylic acids is 1. The third kappa shape index (κ3) is 5.79. The molecule has 0 fully saturated rings. The van der Waals surface area contributed by atoms with Crippen molar-refractivity contribution in [2.24, 2.45) is 5.92 Å². The van der Waals surface area contributed by atoms with Gasteiger partial charge < -0.3 is 9.52 Å². The highest BCUT2D eigenvalue weighted by Gasteiger charge is 2.25. The molecule has 0 saturated heterocycles. The molecule has 6 rings (SSSR count). The number of benzene rings is 5. The lowest BCUT2D eigenvalue weighted by Crippen LogP contribution is -2.21. The average molecular weight is 551 g/mol. The number of para-hydroxylation sites is 1. The molecule has 4 heteroatoms. The molecule has 1 aromatic heterocycles. The third-order valence-corrected chi connectivity index (χ3v) is 7.68. The average Bonchev–Trinajstić information content (AvgIpc) is 3.39. The Kier molecular flexibility index (Phi) is 7.78. The zero-order valence-electron chi connectivity index (χ0n) is 23.1. The fourth-order valence-corrected chi connectivity index (χ4v) is 5.60. The van der Waals surface area contributed by atoms with E-state index >= 15 is 0 Å². The Morgan fingerprint density at radius 3 is 1.98 bits per heavy atom. The van der Waals surface area contributed by atoms with E-state index in [1.807, 2.05) is 121 Å². The van der Waals surface area contributed by atoms with Crippen LogP contribution in [0, 0.1) is 5.92 Å². The van der Waals surface area contributed by atoms with Crippen molar-refractivity contribution in [2.45, 2.75) is 19.3 Å². The number of carboxylic acids is 1. The van der Waals surface area contributed by atoms with E-state index in [1.54, 1.807) is 0 Å². The molecule has 0 aliphatic rings. The normalized spacial score (nSPS) is 11.8. The van der Waals surface area contributed by atoms with Crippen LogP contribution >= 0.6 is 0 Å². The Morgan fingerprint density at radius 1 is 0.667 bits per heavy atom. The van der Waals surface area contributed by atoms with Crippen molar-refractivity contribution in [3.05, 3.63) is 156 Å². The van der Waals surface area contributed by atoms with Crippen LogP contribution in [0.5, 0.6) is 0 Å². The van der Waals surface area contributed by atoms with Crippen LogP contribution in [-0.2, 0) is 17.6 Å². The number of Topliss-reactive ketones (excluding diaryl/α,β-unsaturated/α-hetero) is 1. The van der Waals surface area contributed by atoms with Crippen LogP contribution in [0.3, 0.4) is 0 Å². The first-order valence-corrected chi connectivity index (χ1v) is 14.1. The van der Waals surface area contributed by atoms with Gasteiger partial charge in [-0.25, -0.2) is 0 Å². The number of hydrogen-bond donors (Lipinski definition) is 1. The summed E-state index contributed by atoms with van der Waals surface area (Å²) in [6, 6.07) is 43.2. The van der Waals surface area contributed by atoms with Gasteiger partial charge in [0.2, 0.25) is 0 Å². The van der Waals surface area contributed by atoms with Crippen molar-refractivity contribution in [1.82, 2.24) is 0 Å². The smallest absolute Gasteiger partial charge is 0.307 e. The number of furan rings is 1. The van der Waals surface area contributed by atoms with E-state index in [1.165, 1.54) is 0 Å². The summed E-state index contributed by atoms with van der Waals surface area (Å²) in [5.74, 6) is -1.19. The van der Waals surface area contributed by atoms with Gasteiger partial charge in [0.05, 0.1) is 5.92 Å². The van der Waals surface area contributed by atoms with Gasteiger partial charge in [0.1, 0.15) is 11.3 Å². The van der Waals surface area contributed by atoms with Gasteiger partial charge in [0.15, 0.2) is 5.78 Å². The van der Waals surface area contributed by atoms with Crippen LogP contribution in [0.15, 0.2) is 138 Å². The molecule has 1 N–H and O–H groups in total. The highest BCUT2D eigenvalue weighted by molar-refractivity contribution is 6.06. The van der Waals surface area contributed by atoms with Crippen LogP contribution < -0.4 is 0 Å². The summed E-state index contributed by atoms with van der Waals surface area (Å²) in [5, 5.41) is 11.0. The zero-order valence-corrected chi connectivity index (χ0v) is 23.1. The third-order valence-electron chi connectivity index (χ3n) is 7.68. The van der Waals surface area contributed by atoms with Gasteiger partial charge in [-0.05, 0) is 46.4 Å². The fourth-order valence-electron chi connectivity index (χ4n) is 5.60. The molecule has 206 valence electrons. The van der Waals surface area contributed by atoms with E-state index in [0.717, 1.165) is 50.1 Å². The second-order valence-electron chi connectivity index (χ2n) is 10.5. The second kappa shape index (κ2) is 12.1. The van der Waals surface area contributed by atoms with Crippen LogP contribution in [0.2, 0.25) is 0 Å². The van der Waals surface area contributed by atoms with Gasteiger partial charge in [0, 0.05) is 29.4 Å². The van der Waals surface area contributed by atoms with Gasteiger partial charge in [-0.2, -0.15) is 0 Å². The molecule has 42 heavy (non-hydrogen) atoms. The van der Waals surface area contributed by atoms with Crippen molar-refractivity contribution in [3.8, 4) is 22.3 Å². The molecule has 1 heterocycles. The molecule has 4 nitrogen and oxygen atoms in total. The predicted molar refractivity (Wildman–Crippen MR) is 167 cm³/mol. The predicted octanol–water partition coefficient (Wildman–Crippen LogP) is 8.87. The minimum atomic E-state index is -0.976. The van der Waals surface area contributed by atoms with Crippen LogP contribution in [0.4, 0.5) is 0 Å². The minimum Gasteiger partial charge on any atom is -0.481 e. The van der Waals surface area contributed by atoms with Crippen LogP contribution in [-0.4, -0.2) is 16.9 Å². The number of ketones is 1. The summed E-state index contributed by atoms with van der Waals surface area (Å²) in [4.78, 5) is 26.3. The van der Waals surface area contributed by atoms with E-state index in [2.05, 4.69) is 12.1 Å². The van der Waals surface area contributed by atoms with Crippen molar-refractivity contribution < 1.29 is 19.1 Å². The number of carboxylic acid groups (broad SMARTS) is 1. The molecule has 1 unspecified atom stereocenters. The molecule has 0 aliphatic carbocycles. The summed E-state index contributed by atoms with van der Waals surface area (Å²) >= 11 is 0. The van der Waals surface area contributed by atoms with Gasteiger partial charge in [-0.3, -0.25) is 9.59 Å². The standard InChI is InChI=1S/C38H30O4/c39-34(25-30(38(40)41)22-26-12-4-1-5-13-26)33-24-29(20-21-31(33)28-16-8-3-9-17-28)37-32-18-10-11-19-35(32)42-36(37)23-27-14-6-2-7-15-27/h1-21,24,30H,22-23,25H2,(H,40,41). The first-order chi connectivity index (χ1) is 20.6. The van der Waals surface area contributed by atoms with Crippen molar-refractivity contribution in [3.63, 3.8) is 0 Å². The monoisotopic (exact) mass is 550 g/mol. The quantitative estimate of drug-likeness (QED) is 0.173. The largest absolute Gasteiger partial charge is 0.481 e. The molecule has 0 bridgehead atoms. The second-order valence-corrected chi connectivity index (χ2v) is 10.5. The Hall–Kier alpha value is -5.22. The lowest BCUT2D eigenvalue weighted by atomic mass is 9.87. The number of carbonyl (C=O) groups excluding carboxylic acids is 1. The zero-order chi connectivity index (χ0) is 28.9. The van der Waals surface area contributed by atoms with E-state index < -0.39 is 11.9 Å². The Morgan fingerprint density at radius 2 is 1.29 bits per heavy atom. The highest BCUT2D eigenvalue weighted by atomic mass is 16.4.